The Kier molecular flexibility index (Phi) is 4.70. The summed E-state index contributed by atoms with van der Waals surface area (Å²) in [4.78, 5) is 14.4. The molecule has 1 aliphatic rings. The smallest absolute Gasteiger partial charge is 0.257 e. The monoisotopic (exact) mass is 341 g/mol. The van der Waals surface area contributed by atoms with Crippen molar-refractivity contribution < 1.29 is 14.6 Å². The van der Waals surface area contributed by atoms with Crippen LogP contribution in [-0.2, 0) is 0 Å². The van der Waals surface area contributed by atoms with Gasteiger partial charge in [-0.3, -0.25) is 4.79 Å². The van der Waals surface area contributed by atoms with Crippen molar-refractivity contribution in [2.75, 3.05) is 20.2 Å². The summed E-state index contributed by atoms with van der Waals surface area (Å²) in [6, 6.07) is 5.40. The van der Waals surface area contributed by atoms with Crippen LogP contribution in [-0.4, -0.2) is 41.7 Å². The minimum Gasteiger partial charge on any atom is -0.496 e. The van der Waals surface area contributed by atoms with Crippen LogP contribution in [0.4, 0.5) is 0 Å². The Bertz CT molecular complexity index is 502. The van der Waals surface area contributed by atoms with E-state index in [0.717, 1.165) is 17.3 Å². The molecule has 4 nitrogen and oxygen atoms in total. The van der Waals surface area contributed by atoms with Gasteiger partial charge in [0.15, 0.2) is 0 Å². The number of amides is 1. The molecule has 1 atom stereocenters. The van der Waals surface area contributed by atoms with Gasteiger partial charge in [0.1, 0.15) is 5.75 Å². The Labute approximate surface area is 127 Å². The van der Waals surface area contributed by atoms with Crippen LogP contribution in [0.15, 0.2) is 22.7 Å². The van der Waals surface area contributed by atoms with E-state index in [2.05, 4.69) is 15.9 Å². The lowest BCUT2D eigenvalue weighted by molar-refractivity contribution is 0.0437. The van der Waals surface area contributed by atoms with E-state index in [9.17, 15) is 9.90 Å². The average molecular weight is 342 g/mol. The van der Waals surface area contributed by atoms with Gasteiger partial charge in [0, 0.05) is 17.6 Å². The lowest BCUT2D eigenvalue weighted by Crippen LogP contribution is -2.33. The normalized spacial score (nSPS) is 23.3. The first-order valence-corrected chi connectivity index (χ1v) is 7.57. The molecule has 0 spiro atoms. The van der Waals surface area contributed by atoms with Crippen molar-refractivity contribution in [1.82, 2.24) is 4.90 Å². The number of hydrogen-bond acceptors (Lipinski definition) is 3. The highest BCUT2D eigenvalue weighted by molar-refractivity contribution is 9.10. The van der Waals surface area contributed by atoms with Crippen molar-refractivity contribution in [1.29, 1.82) is 0 Å². The van der Waals surface area contributed by atoms with Crippen LogP contribution < -0.4 is 4.74 Å². The number of rotatable bonds is 2. The molecule has 1 aromatic rings. The molecule has 1 fully saturated rings. The minimum absolute atomic E-state index is 0.0351. The Balaban J connectivity index is 2.19. The SMILES string of the molecule is COc1cc(Br)ccc1C(=O)N1CCCC(C)(O)CC1. The number of likely N-dealkylation sites (tertiary alicyclic amines) is 1. The molecule has 1 amide bonds. The summed E-state index contributed by atoms with van der Waals surface area (Å²) in [6.45, 7) is 3.08. The number of hydrogen-bond donors (Lipinski definition) is 1. The second kappa shape index (κ2) is 6.14. The summed E-state index contributed by atoms with van der Waals surface area (Å²) in [5.41, 5.74) is -0.101. The standard InChI is InChI=1S/C15H20BrNO3/c1-15(19)6-3-8-17(9-7-15)14(18)12-5-4-11(16)10-13(12)20-2/h4-5,10,19H,3,6-9H2,1-2H3. The zero-order valence-corrected chi connectivity index (χ0v) is 13.4. The van der Waals surface area contributed by atoms with Crippen molar-refractivity contribution in [3.8, 4) is 5.75 Å². The first-order chi connectivity index (χ1) is 9.43. The molecule has 110 valence electrons. The zero-order chi connectivity index (χ0) is 14.8. The second-order valence-corrected chi connectivity index (χ2v) is 6.40. The van der Waals surface area contributed by atoms with E-state index in [-0.39, 0.29) is 5.91 Å². The van der Waals surface area contributed by atoms with Gasteiger partial charge in [-0.15, -0.1) is 0 Å². The summed E-state index contributed by atoms with van der Waals surface area (Å²) >= 11 is 3.37. The van der Waals surface area contributed by atoms with Gasteiger partial charge in [-0.05, 0) is 44.4 Å². The van der Waals surface area contributed by atoms with Crippen molar-refractivity contribution in [3.63, 3.8) is 0 Å². The number of aliphatic hydroxyl groups is 1. The number of methoxy groups -OCH3 is 1. The quantitative estimate of drug-likeness (QED) is 0.899. The van der Waals surface area contributed by atoms with Gasteiger partial charge in [-0.25, -0.2) is 0 Å². The third-order valence-corrected chi connectivity index (χ3v) is 4.24. The van der Waals surface area contributed by atoms with Gasteiger partial charge in [-0.2, -0.15) is 0 Å². The van der Waals surface area contributed by atoms with E-state index < -0.39 is 5.60 Å². The molecular formula is C15H20BrNO3. The molecule has 0 bridgehead atoms. The highest BCUT2D eigenvalue weighted by atomic mass is 79.9. The lowest BCUT2D eigenvalue weighted by atomic mass is 9.98. The number of ether oxygens (including phenoxy) is 1. The van der Waals surface area contributed by atoms with E-state index in [4.69, 9.17) is 4.74 Å². The van der Waals surface area contributed by atoms with Gasteiger partial charge in [0.25, 0.3) is 5.91 Å². The van der Waals surface area contributed by atoms with Crippen LogP contribution in [0.5, 0.6) is 5.75 Å². The Hall–Kier alpha value is -1.07. The van der Waals surface area contributed by atoms with E-state index in [1.807, 2.05) is 13.0 Å². The van der Waals surface area contributed by atoms with Gasteiger partial charge < -0.3 is 14.7 Å². The number of carbonyl (C=O) groups is 1. The molecule has 1 saturated heterocycles. The lowest BCUT2D eigenvalue weighted by Gasteiger charge is -2.23. The molecule has 1 unspecified atom stereocenters. The van der Waals surface area contributed by atoms with Gasteiger partial charge >= 0.3 is 0 Å². The molecule has 0 radical (unpaired) electrons. The van der Waals surface area contributed by atoms with Crippen molar-refractivity contribution in [2.45, 2.75) is 31.8 Å². The fourth-order valence-corrected chi connectivity index (χ4v) is 2.82. The van der Waals surface area contributed by atoms with E-state index in [0.29, 0.717) is 30.8 Å². The number of halogens is 1. The highest BCUT2D eigenvalue weighted by Crippen LogP contribution is 2.27. The molecule has 0 aliphatic carbocycles. The molecule has 0 saturated carbocycles. The number of carbonyl (C=O) groups excluding carboxylic acids is 1. The molecule has 1 aliphatic heterocycles. The second-order valence-electron chi connectivity index (χ2n) is 5.49. The summed E-state index contributed by atoms with van der Waals surface area (Å²) in [7, 11) is 1.56. The molecule has 1 aromatic carbocycles. The van der Waals surface area contributed by atoms with Crippen molar-refractivity contribution >= 4 is 21.8 Å². The Morgan fingerprint density at radius 1 is 1.40 bits per heavy atom. The zero-order valence-electron chi connectivity index (χ0n) is 11.9. The molecule has 1 N–H and O–H groups in total. The summed E-state index contributed by atoms with van der Waals surface area (Å²) in [5, 5.41) is 10.1. The Morgan fingerprint density at radius 3 is 2.85 bits per heavy atom. The van der Waals surface area contributed by atoms with E-state index in [1.54, 1.807) is 24.1 Å². The molecule has 0 aromatic heterocycles. The topological polar surface area (TPSA) is 49.8 Å². The Morgan fingerprint density at radius 2 is 2.15 bits per heavy atom. The van der Waals surface area contributed by atoms with Crippen LogP contribution >= 0.6 is 15.9 Å². The highest BCUT2D eigenvalue weighted by Gasteiger charge is 2.28. The average Bonchev–Trinajstić information content (AvgIpc) is 2.59. The fraction of sp³-hybridized carbons (Fsp3) is 0.533. The molecule has 20 heavy (non-hydrogen) atoms. The van der Waals surface area contributed by atoms with Crippen molar-refractivity contribution in [2.24, 2.45) is 0 Å². The maximum atomic E-state index is 12.6. The third kappa shape index (κ3) is 3.52. The summed E-state index contributed by atoms with van der Waals surface area (Å²) < 4.78 is 6.16. The first kappa shape index (κ1) is 15.3. The van der Waals surface area contributed by atoms with Crippen LogP contribution in [0.25, 0.3) is 0 Å². The van der Waals surface area contributed by atoms with Crippen molar-refractivity contribution in [3.05, 3.63) is 28.2 Å². The van der Waals surface area contributed by atoms with Gasteiger partial charge in [0.05, 0.1) is 18.3 Å². The molecule has 5 heteroatoms. The van der Waals surface area contributed by atoms with E-state index in [1.165, 1.54) is 0 Å². The fourth-order valence-electron chi connectivity index (χ4n) is 2.48. The molecule has 1 heterocycles. The first-order valence-electron chi connectivity index (χ1n) is 6.78. The summed E-state index contributed by atoms with van der Waals surface area (Å²) in [5.74, 6) is 0.535. The number of nitrogens with zero attached hydrogens (tertiary/aromatic N) is 1. The largest absolute Gasteiger partial charge is 0.496 e. The van der Waals surface area contributed by atoms with Crippen LogP contribution in [0.1, 0.15) is 36.5 Å². The maximum Gasteiger partial charge on any atom is 0.257 e. The van der Waals surface area contributed by atoms with Gasteiger partial charge in [0.2, 0.25) is 0 Å². The summed E-state index contributed by atoms with van der Waals surface area (Å²) in [6.07, 6.45) is 2.16. The minimum atomic E-state index is -0.668. The maximum absolute atomic E-state index is 12.6. The van der Waals surface area contributed by atoms with Gasteiger partial charge in [-0.1, -0.05) is 15.9 Å². The van der Waals surface area contributed by atoms with Crippen LogP contribution in [0.3, 0.4) is 0 Å². The van der Waals surface area contributed by atoms with E-state index >= 15 is 0 Å². The molecule has 2 rings (SSSR count). The predicted molar refractivity (Wildman–Crippen MR) is 81.1 cm³/mol. The predicted octanol–water partition coefficient (Wildman–Crippen LogP) is 2.83. The number of benzene rings is 1. The van der Waals surface area contributed by atoms with Crippen LogP contribution in [0.2, 0.25) is 0 Å². The third-order valence-electron chi connectivity index (χ3n) is 3.74. The van der Waals surface area contributed by atoms with Crippen LogP contribution in [0, 0.1) is 0 Å². The molecular weight excluding hydrogens is 322 g/mol.